The van der Waals surface area contributed by atoms with Gasteiger partial charge in [0.05, 0.1) is 12.3 Å². The van der Waals surface area contributed by atoms with Gasteiger partial charge in [0.1, 0.15) is 5.76 Å². The molecule has 1 amide bonds. The molecule has 0 unspecified atom stereocenters. The van der Waals surface area contributed by atoms with E-state index < -0.39 is 6.10 Å². The third kappa shape index (κ3) is 4.54. The molecule has 1 fully saturated rings. The van der Waals surface area contributed by atoms with Gasteiger partial charge in [-0.25, -0.2) is 4.98 Å². The van der Waals surface area contributed by atoms with Crippen LogP contribution in [-0.2, 0) is 5.41 Å². The first-order chi connectivity index (χ1) is 9.86. The summed E-state index contributed by atoms with van der Waals surface area (Å²) < 4.78 is 5.46. The molecule has 0 aliphatic carbocycles. The zero-order chi connectivity index (χ0) is 15.5. The van der Waals surface area contributed by atoms with E-state index in [1.807, 2.05) is 20.8 Å². The molecule has 1 saturated heterocycles. The zero-order valence-corrected chi connectivity index (χ0v) is 13.1. The van der Waals surface area contributed by atoms with E-state index in [0.717, 1.165) is 13.1 Å². The van der Waals surface area contributed by atoms with Crippen molar-refractivity contribution < 1.29 is 14.3 Å². The molecule has 2 N–H and O–H groups in total. The third-order valence-electron chi connectivity index (χ3n) is 3.61. The summed E-state index contributed by atoms with van der Waals surface area (Å²) in [4.78, 5) is 18.1. The standard InChI is InChI=1S/C15H25N3O3/c1-15(2,3)12-9-17-14(21-12)13(20)16-8-11(19)10-18-6-4-5-7-18/h9,11,19H,4-8,10H2,1-3H3,(H,16,20)/t11-/m1/s1. The van der Waals surface area contributed by atoms with Crippen molar-refractivity contribution in [2.75, 3.05) is 26.2 Å². The second-order valence-corrected chi connectivity index (χ2v) is 6.65. The third-order valence-corrected chi connectivity index (χ3v) is 3.61. The van der Waals surface area contributed by atoms with E-state index >= 15 is 0 Å². The van der Waals surface area contributed by atoms with Crippen molar-refractivity contribution >= 4 is 5.91 Å². The largest absolute Gasteiger partial charge is 0.437 e. The Kier molecular flexibility index (Phi) is 5.00. The highest BCUT2D eigenvalue weighted by Gasteiger charge is 2.22. The molecule has 0 spiro atoms. The second kappa shape index (κ2) is 6.58. The van der Waals surface area contributed by atoms with Crippen LogP contribution >= 0.6 is 0 Å². The average molecular weight is 295 g/mol. The molecule has 2 rings (SSSR count). The number of aromatic nitrogens is 1. The van der Waals surface area contributed by atoms with E-state index in [2.05, 4.69) is 15.2 Å². The summed E-state index contributed by atoms with van der Waals surface area (Å²) in [5.74, 6) is 0.338. The summed E-state index contributed by atoms with van der Waals surface area (Å²) >= 11 is 0. The molecule has 1 aromatic rings. The molecule has 21 heavy (non-hydrogen) atoms. The lowest BCUT2D eigenvalue weighted by Gasteiger charge is -2.19. The van der Waals surface area contributed by atoms with Gasteiger partial charge >= 0.3 is 5.91 Å². The first-order valence-electron chi connectivity index (χ1n) is 7.51. The van der Waals surface area contributed by atoms with Crippen molar-refractivity contribution in [1.82, 2.24) is 15.2 Å². The Morgan fingerprint density at radius 2 is 2.14 bits per heavy atom. The lowest BCUT2D eigenvalue weighted by atomic mass is 9.94. The Labute approximate surface area is 125 Å². The number of nitrogens with zero attached hydrogens (tertiary/aromatic N) is 2. The number of hydrogen-bond donors (Lipinski definition) is 2. The minimum Gasteiger partial charge on any atom is -0.437 e. The van der Waals surface area contributed by atoms with Gasteiger partial charge in [0.15, 0.2) is 0 Å². The van der Waals surface area contributed by atoms with E-state index in [4.69, 9.17) is 4.42 Å². The number of carbonyl (C=O) groups is 1. The van der Waals surface area contributed by atoms with Crippen molar-refractivity contribution in [3.05, 3.63) is 17.8 Å². The molecule has 1 aliphatic rings. The predicted molar refractivity (Wildman–Crippen MR) is 79.2 cm³/mol. The number of hydrogen-bond acceptors (Lipinski definition) is 5. The number of β-amino-alcohol motifs (C(OH)–C–C–N with tert-alkyl or cyclic N) is 1. The van der Waals surface area contributed by atoms with Crippen LogP contribution in [0.25, 0.3) is 0 Å². The van der Waals surface area contributed by atoms with Gasteiger partial charge in [-0.3, -0.25) is 4.79 Å². The van der Waals surface area contributed by atoms with Crippen LogP contribution < -0.4 is 5.32 Å². The summed E-state index contributed by atoms with van der Waals surface area (Å²) in [5.41, 5.74) is -0.180. The number of nitrogens with one attached hydrogen (secondary N) is 1. The van der Waals surface area contributed by atoms with Crippen LogP contribution in [0.15, 0.2) is 10.6 Å². The van der Waals surface area contributed by atoms with Crippen molar-refractivity contribution in [3.8, 4) is 0 Å². The lowest BCUT2D eigenvalue weighted by molar-refractivity contribution is 0.0845. The summed E-state index contributed by atoms with van der Waals surface area (Å²) in [7, 11) is 0. The maximum absolute atomic E-state index is 11.9. The van der Waals surface area contributed by atoms with Gasteiger partial charge in [-0.15, -0.1) is 0 Å². The maximum Gasteiger partial charge on any atom is 0.307 e. The number of aliphatic hydroxyl groups is 1. The number of oxazole rings is 1. The molecule has 0 radical (unpaired) electrons. The fourth-order valence-electron chi connectivity index (χ4n) is 2.34. The lowest BCUT2D eigenvalue weighted by Crippen LogP contribution is -2.39. The van der Waals surface area contributed by atoms with E-state index in [9.17, 15) is 9.90 Å². The van der Waals surface area contributed by atoms with Crippen LogP contribution in [0.1, 0.15) is 50.1 Å². The SMILES string of the molecule is CC(C)(C)c1cnc(C(=O)NC[C@@H](O)CN2CCCC2)o1. The quantitative estimate of drug-likeness (QED) is 0.852. The normalized spacial score (nSPS) is 17.9. The Morgan fingerprint density at radius 3 is 2.71 bits per heavy atom. The first kappa shape index (κ1) is 16.0. The van der Waals surface area contributed by atoms with Crippen molar-refractivity contribution in [2.24, 2.45) is 0 Å². The molecular weight excluding hydrogens is 270 g/mol. The van der Waals surface area contributed by atoms with E-state index in [-0.39, 0.29) is 23.8 Å². The molecule has 0 aromatic carbocycles. The van der Waals surface area contributed by atoms with Crippen molar-refractivity contribution in [2.45, 2.75) is 45.1 Å². The molecular formula is C15H25N3O3. The van der Waals surface area contributed by atoms with Crippen LogP contribution in [0.2, 0.25) is 0 Å². The predicted octanol–water partition coefficient (Wildman–Crippen LogP) is 1.16. The maximum atomic E-state index is 11.9. The fraction of sp³-hybridized carbons (Fsp3) is 0.733. The Bertz CT molecular complexity index is 473. The first-order valence-corrected chi connectivity index (χ1v) is 7.51. The minimum atomic E-state index is -0.566. The summed E-state index contributed by atoms with van der Waals surface area (Å²) in [6.45, 7) is 8.85. The highest BCUT2D eigenvalue weighted by atomic mass is 16.4. The van der Waals surface area contributed by atoms with E-state index in [0.29, 0.717) is 12.3 Å². The number of amides is 1. The molecule has 0 bridgehead atoms. The number of aliphatic hydroxyl groups excluding tert-OH is 1. The summed E-state index contributed by atoms with van der Waals surface area (Å²) in [5, 5.41) is 12.6. The second-order valence-electron chi connectivity index (χ2n) is 6.65. The van der Waals surface area contributed by atoms with Gasteiger partial charge in [-0.1, -0.05) is 20.8 Å². The topological polar surface area (TPSA) is 78.6 Å². The van der Waals surface area contributed by atoms with Gasteiger partial charge in [-0.2, -0.15) is 0 Å². The molecule has 2 heterocycles. The monoisotopic (exact) mass is 295 g/mol. The Balaban J connectivity index is 1.79. The zero-order valence-electron chi connectivity index (χ0n) is 13.1. The highest BCUT2D eigenvalue weighted by molar-refractivity contribution is 5.89. The van der Waals surface area contributed by atoms with Crippen LogP contribution in [0.3, 0.4) is 0 Å². The van der Waals surface area contributed by atoms with Crippen LogP contribution in [0, 0.1) is 0 Å². The average Bonchev–Trinajstić information content (AvgIpc) is 3.05. The van der Waals surface area contributed by atoms with E-state index in [1.165, 1.54) is 12.8 Å². The van der Waals surface area contributed by atoms with Crippen molar-refractivity contribution in [3.63, 3.8) is 0 Å². The Morgan fingerprint density at radius 1 is 1.48 bits per heavy atom. The summed E-state index contributed by atoms with van der Waals surface area (Å²) in [6, 6.07) is 0. The van der Waals surface area contributed by atoms with Gasteiger partial charge in [0.25, 0.3) is 5.89 Å². The smallest absolute Gasteiger partial charge is 0.307 e. The molecule has 6 heteroatoms. The van der Waals surface area contributed by atoms with Crippen LogP contribution in [-0.4, -0.2) is 53.2 Å². The molecule has 6 nitrogen and oxygen atoms in total. The molecule has 0 saturated carbocycles. The number of likely N-dealkylation sites (tertiary alicyclic amines) is 1. The van der Waals surface area contributed by atoms with Crippen LogP contribution in [0.4, 0.5) is 0 Å². The highest BCUT2D eigenvalue weighted by Crippen LogP contribution is 2.22. The van der Waals surface area contributed by atoms with Gasteiger partial charge in [0.2, 0.25) is 0 Å². The fourth-order valence-corrected chi connectivity index (χ4v) is 2.34. The minimum absolute atomic E-state index is 0.0493. The van der Waals surface area contributed by atoms with E-state index in [1.54, 1.807) is 6.20 Å². The molecule has 1 aliphatic heterocycles. The molecule has 118 valence electrons. The summed E-state index contributed by atoms with van der Waals surface area (Å²) in [6.07, 6.45) is 3.38. The van der Waals surface area contributed by atoms with Crippen molar-refractivity contribution in [1.29, 1.82) is 0 Å². The Hall–Kier alpha value is -1.40. The van der Waals surface area contributed by atoms with Crippen LogP contribution in [0.5, 0.6) is 0 Å². The number of carbonyl (C=O) groups excluding carboxylic acids is 1. The van der Waals surface area contributed by atoms with Gasteiger partial charge < -0.3 is 19.7 Å². The number of rotatable bonds is 5. The molecule has 1 atom stereocenters. The molecule has 1 aromatic heterocycles. The van der Waals surface area contributed by atoms with Gasteiger partial charge in [0, 0.05) is 18.5 Å². The van der Waals surface area contributed by atoms with Gasteiger partial charge in [-0.05, 0) is 25.9 Å².